The zero-order chi connectivity index (χ0) is 23.8. The van der Waals surface area contributed by atoms with Crippen molar-refractivity contribution in [2.45, 2.75) is 6.92 Å². The minimum Gasteiger partial charge on any atom is -0.494 e. The second kappa shape index (κ2) is 11.4. The van der Waals surface area contributed by atoms with Crippen LogP contribution < -0.4 is 24.8 Å². The number of carbonyl (C=O) groups excluding carboxylic acids is 2. The van der Waals surface area contributed by atoms with Crippen LogP contribution in [0.1, 0.15) is 17.3 Å². The van der Waals surface area contributed by atoms with Crippen molar-refractivity contribution in [3.8, 4) is 17.2 Å². The molecule has 3 aromatic rings. The Balaban J connectivity index is 1.61. The highest BCUT2D eigenvalue weighted by Crippen LogP contribution is 2.31. The molecule has 0 heterocycles. The number of hydrogen-bond donors (Lipinski definition) is 2. The van der Waals surface area contributed by atoms with E-state index >= 15 is 0 Å². The van der Waals surface area contributed by atoms with Crippen LogP contribution in [0.25, 0.3) is 0 Å². The molecule has 3 rings (SSSR count). The number of halogens is 2. The quantitative estimate of drug-likeness (QED) is 0.405. The number of methoxy groups -OCH3 is 1. The molecule has 0 aliphatic heterocycles. The molecule has 0 fully saturated rings. The fraction of sp³-hybridized carbons (Fsp3) is 0.167. The molecular formula is C24H22Cl2N2O5. The summed E-state index contributed by atoms with van der Waals surface area (Å²) in [7, 11) is 1.44. The standard InChI is InChI=1S/C24H22Cl2N2O5/c1-3-32-17-10-8-16(9-11-17)27-22(29)14-33-20-12-7-15(13-21(20)31-2)24(30)28-19-6-4-5-18(25)23(19)26/h4-13H,3,14H2,1-2H3,(H,27,29)(H,28,30). The molecular weight excluding hydrogens is 467 g/mol. The summed E-state index contributed by atoms with van der Waals surface area (Å²) in [6.07, 6.45) is 0. The predicted molar refractivity (Wildman–Crippen MR) is 129 cm³/mol. The summed E-state index contributed by atoms with van der Waals surface area (Å²) >= 11 is 12.1. The van der Waals surface area contributed by atoms with Crippen LogP contribution in [0.4, 0.5) is 11.4 Å². The Morgan fingerprint density at radius 2 is 1.67 bits per heavy atom. The molecule has 7 nitrogen and oxygen atoms in total. The molecule has 0 aliphatic rings. The maximum atomic E-state index is 12.6. The van der Waals surface area contributed by atoms with Crippen molar-refractivity contribution in [2.24, 2.45) is 0 Å². The Morgan fingerprint density at radius 3 is 2.36 bits per heavy atom. The number of rotatable bonds is 9. The summed E-state index contributed by atoms with van der Waals surface area (Å²) in [5, 5.41) is 6.02. The second-order valence-corrected chi connectivity index (χ2v) is 7.50. The highest BCUT2D eigenvalue weighted by atomic mass is 35.5. The summed E-state index contributed by atoms with van der Waals surface area (Å²) < 4.78 is 16.3. The van der Waals surface area contributed by atoms with Gasteiger partial charge in [-0.2, -0.15) is 0 Å². The number of carbonyl (C=O) groups is 2. The number of nitrogens with one attached hydrogen (secondary N) is 2. The van der Waals surface area contributed by atoms with E-state index in [9.17, 15) is 9.59 Å². The van der Waals surface area contributed by atoms with Crippen LogP contribution in [0.5, 0.6) is 17.2 Å². The largest absolute Gasteiger partial charge is 0.494 e. The first-order valence-corrected chi connectivity index (χ1v) is 10.8. The first-order chi connectivity index (χ1) is 15.9. The molecule has 3 aromatic carbocycles. The van der Waals surface area contributed by atoms with Gasteiger partial charge >= 0.3 is 0 Å². The molecule has 9 heteroatoms. The van der Waals surface area contributed by atoms with Gasteiger partial charge in [-0.05, 0) is 61.5 Å². The van der Waals surface area contributed by atoms with E-state index in [1.807, 2.05) is 6.92 Å². The van der Waals surface area contributed by atoms with Crippen molar-refractivity contribution in [2.75, 3.05) is 31.0 Å². The average molecular weight is 489 g/mol. The Bertz CT molecular complexity index is 1140. The Morgan fingerprint density at radius 1 is 0.909 bits per heavy atom. The average Bonchev–Trinajstić information content (AvgIpc) is 2.82. The number of anilines is 2. The Kier molecular flexibility index (Phi) is 8.40. The summed E-state index contributed by atoms with van der Waals surface area (Å²) in [6.45, 7) is 2.22. The van der Waals surface area contributed by atoms with Gasteiger partial charge in [0.2, 0.25) is 0 Å². The lowest BCUT2D eigenvalue weighted by atomic mass is 10.2. The van der Waals surface area contributed by atoms with Gasteiger partial charge in [-0.3, -0.25) is 9.59 Å². The fourth-order valence-electron chi connectivity index (χ4n) is 2.86. The molecule has 2 N–H and O–H groups in total. The van der Waals surface area contributed by atoms with Gasteiger partial charge in [0.05, 0.1) is 29.4 Å². The summed E-state index contributed by atoms with van der Waals surface area (Å²) in [5.41, 5.74) is 1.32. The molecule has 0 aromatic heterocycles. The van der Waals surface area contributed by atoms with Crippen molar-refractivity contribution in [3.05, 3.63) is 76.3 Å². The molecule has 0 atom stereocenters. The normalized spacial score (nSPS) is 10.3. The van der Waals surface area contributed by atoms with E-state index in [4.69, 9.17) is 37.4 Å². The zero-order valence-corrected chi connectivity index (χ0v) is 19.5. The van der Waals surface area contributed by atoms with Crippen molar-refractivity contribution < 1.29 is 23.8 Å². The molecule has 172 valence electrons. The van der Waals surface area contributed by atoms with Crippen LogP contribution in [0.3, 0.4) is 0 Å². The summed E-state index contributed by atoms with van der Waals surface area (Å²) in [6, 6.07) is 16.6. The molecule has 0 aliphatic carbocycles. The lowest BCUT2D eigenvalue weighted by Gasteiger charge is -2.13. The van der Waals surface area contributed by atoms with Crippen molar-refractivity contribution in [1.82, 2.24) is 0 Å². The molecule has 0 unspecified atom stereocenters. The van der Waals surface area contributed by atoms with E-state index in [1.165, 1.54) is 13.2 Å². The smallest absolute Gasteiger partial charge is 0.262 e. The van der Waals surface area contributed by atoms with Gasteiger partial charge in [0.15, 0.2) is 18.1 Å². The molecule has 0 bridgehead atoms. The van der Waals surface area contributed by atoms with E-state index in [0.717, 1.165) is 5.75 Å². The van der Waals surface area contributed by atoms with Crippen LogP contribution >= 0.6 is 23.2 Å². The monoisotopic (exact) mass is 488 g/mol. The van der Waals surface area contributed by atoms with Gasteiger partial charge in [0.1, 0.15) is 5.75 Å². The maximum Gasteiger partial charge on any atom is 0.262 e. The molecule has 0 radical (unpaired) electrons. The van der Waals surface area contributed by atoms with E-state index < -0.39 is 5.91 Å². The lowest BCUT2D eigenvalue weighted by molar-refractivity contribution is -0.118. The minimum absolute atomic E-state index is 0.243. The van der Waals surface area contributed by atoms with Gasteiger partial charge in [-0.25, -0.2) is 0 Å². The van der Waals surface area contributed by atoms with Crippen molar-refractivity contribution in [3.63, 3.8) is 0 Å². The van der Waals surface area contributed by atoms with E-state index in [2.05, 4.69) is 10.6 Å². The highest BCUT2D eigenvalue weighted by Gasteiger charge is 2.15. The van der Waals surface area contributed by atoms with Crippen LogP contribution in [-0.4, -0.2) is 32.1 Å². The third-order valence-corrected chi connectivity index (χ3v) is 5.25. The van der Waals surface area contributed by atoms with Crippen LogP contribution in [-0.2, 0) is 4.79 Å². The second-order valence-electron chi connectivity index (χ2n) is 6.72. The van der Waals surface area contributed by atoms with Gasteiger partial charge in [-0.15, -0.1) is 0 Å². The third kappa shape index (κ3) is 6.54. The number of hydrogen-bond acceptors (Lipinski definition) is 5. The molecule has 0 saturated carbocycles. The molecule has 0 saturated heterocycles. The first kappa shape index (κ1) is 24.2. The van der Waals surface area contributed by atoms with Crippen LogP contribution in [0.15, 0.2) is 60.7 Å². The Labute approximate surface area is 201 Å². The number of ether oxygens (including phenoxy) is 3. The summed E-state index contributed by atoms with van der Waals surface area (Å²) in [4.78, 5) is 24.8. The van der Waals surface area contributed by atoms with Crippen molar-refractivity contribution >= 4 is 46.4 Å². The lowest BCUT2D eigenvalue weighted by Crippen LogP contribution is -2.20. The van der Waals surface area contributed by atoms with Crippen LogP contribution in [0, 0.1) is 0 Å². The zero-order valence-electron chi connectivity index (χ0n) is 18.0. The molecule has 0 spiro atoms. The van der Waals surface area contributed by atoms with E-state index in [-0.39, 0.29) is 17.5 Å². The highest BCUT2D eigenvalue weighted by molar-refractivity contribution is 6.44. The fourth-order valence-corrected chi connectivity index (χ4v) is 3.21. The van der Waals surface area contributed by atoms with Gasteiger partial charge in [0.25, 0.3) is 11.8 Å². The molecule has 33 heavy (non-hydrogen) atoms. The van der Waals surface area contributed by atoms with E-state index in [1.54, 1.807) is 54.6 Å². The summed E-state index contributed by atoms with van der Waals surface area (Å²) in [5.74, 6) is 0.583. The van der Waals surface area contributed by atoms with Gasteiger partial charge in [0, 0.05) is 11.3 Å². The Hall–Kier alpha value is -3.42. The SMILES string of the molecule is CCOc1ccc(NC(=O)COc2ccc(C(=O)Nc3cccc(Cl)c3Cl)cc2OC)cc1. The molecule has 2 amide bonds. The van der Waals surface area contributed by atoms with Crippen molar-refractivity contribution in [1.29, 1.82) is 0 Å². The maximum absolute atomic E-state index is 12.6. The predicted octanol–water partition coefficient (Wildman–Crippen LogP) is 5.67. The first-order valence-electron chi connectivity index (χ1n) is 10.00. The van der Waals surface area contributed by atoms with Gasteiger partial charge < -0.3 is 24.8 Å². The third-order valence-electron chi connectivity index (χ3n) is 4.43. The van der Waals surface area contributed by atoms with E-state index in [0.29, 0.717) is 40.1 Å². The number of benzene rings is 3. The van der Waals surface area contributed by atoms with Crippen LogP contribution in [0.2, 0.25) is 10.0 Å². The number of amides is 2. The topological polar surface area (TPSA) is 85.9 Å². The van der Waals surface area contributed by atoms with Gasteiger partial charge in [-0.1, -0.05) is 29.3 Å². The minimum atomic E-state index is -0.405.